The summed E-state index contributed by atoms with van der Waals surface area (Å²) in [6, 6.07) is 10.8. The van der Waals surface area contributed by atoms with Crippen LogP contribution in [-0.2, 0) is 4.79 Å². The Bertz CT molecular complexity index is 582. The van der Waals surface area contributed by atoms with E-state index in [1.54, 1.807) is 30.5 Å². The number of amides is 1. The molecule has 0 bridgehead atoms. The molecular weight excluding hydrogens is 254 g/mol. The monoisotopic (exact) mass is 271 g/mol. The zero-order valence-corrected chi connectivity index (χ0v) is 11.3. The number of anilines is 2. The van der Waals surface area contributed by atoms with E-state index in [0.717, 1.165) is 5.56 Å². The highest BCUT2D eigenvalue weighted by Gasteiger charge is 2.04. The van der Waals surface area contributed by atoms with Crippen molar-refractivity contribution in [3.63, 3.8) is 0 Å². The average Bonchev–Trinajstić information content (AvgIpc) is 2.41. The number of benzene rings is 1. The minimum atomic E-state index is -0.126. The number of rotatable bonds is 5. The molecule has 0 aliphatic carbocycles. The first kappa shape index (κ1) is 13.9. The molecule has 5 heteroatoms. The molecule has 1 heterocycles. The lowest BCUT2D eigenvalue weighted by Gasteiger charge is -2.07. The van der Waals surface area contributed by atoms with Gasteiger partial charge in [0.25, 0.3) is 0 Å². The van der Waals surface area contributed by atoms with Gasteiger partial charge in [-0.05, 0) is 48.9 Å². The molecule has 2 aromatic rings. The number of nitrogens with two attached hydrogens (primary N) is 1. The fraction of sp³-hybridized carbons (Fsp3) is 0.200. The predicted octanol–water partition coefficient (Wildman–Crippen LogP) is 2.38. The van der Waals surface area contributed by atoms with E-state index in [4.69, 9.17) is 10.5 Å². The van der Waals surface area contributed by atoms with Gasteiger partial charge in [0.2, 0.25) is 5.91 Å². The molecule has 0 saturated heterocycles. The first-order valence-corrected chi connectivity index (χ1v) is 6.34. The Morgan fingerprint density at radius 3 is 2.75 bits per heavy atom. The van der Waals surface area contributed by atoms with Gasteiger partial charge in [0.1, 0.15) is 11.6 Å². The van der Waals surface area contributed by atoms with Crippen molar-refractivity contribution in [1.82, 2.24) is 4.98 Å². The highest BCUT2D eigenvalue weighted by atomic mass is 16.5. The lowest BCUT2D eigenvalue weighted by molar-refractivity contribution is -0.116. The number of ether oxygens (including phenoxy) is 1. The molecule has 1 aromatic carbocycles. The molecule has 1 aromatic heterocycles. The minimum absolute atomic E-state index is 0.126. The van der Waals surface area contributed by atoms with Crippen molar-refractivity contribution in [3.05, 3.63) is 48.2 Å². The topological polar surface area (TPSA) is 77.2 Å². The lowest BCUT2D eigenvalue weighted by Crippen LogP contribution is -2.16. The SMILES string of the molecule is Cc1ccnc(NC(=O)CCOc2ccc(N)cc2)c1. The molecule has 0 radical (unpaired) electrons. The number of nitrogens with one attached hydrogen (secondary N) is 1. The van der Waals surface area contributed by atoms with Crippen molar-refractivity contribution in [2.45, 2.75) is 13.3 Å². The molecule has 3 N–H and O–H groups in total. The normalized spacial score (nSPS) is 10.1. The van der Waals surface area contributed by atoms with Crippen LogP contribution in [0.15, 0.2) is 42.6 Å². The van der Waals surface area contributed by atoms with Gasteiger partial charge >= 0.3 is 0 Å². The van der Waals surface area contributed by atoms with Gasteiger partial charge in [0.05, 0.1) is 13.0 Å². The summed E-state index contributed by atoms with van der Waals surface area (Å²) in [6.45, 7) is 2.25. The maximum absolute atomic E-state index is 11.7. The quantitative estimate of drug-likeness (QED) is 0.818. The molecule has 0 aliphatic rings. The molecule has 20 heavy (non-hydrogen) atoms. The second-order valence-electron chi connectivity index (χ2n) is 4.43. The summed E-state index contributed by atoms with van der Waals surface area (Å²) in [4.78, 5) is 15.8. The first-order valence-electron chi connectivity index (χ1n) is 6.34. The molecule has 0 spiro atoms. The smallest absolute Gasteiger partial charge is 0.228 e. The summed E-state index contributed by atoms with van der Waals surface area (Å²) >= 11 is 0. The fourth-order valence-corrected chi connectivity index (χ4v) is 1.64. The van der Waals surface area contributed by atoms with Crippen LogP contribution < -0.4 is 15.8 Å². The number of carbonyl (C=O) groups is 1. The van der Waals surface area contributed by atoms with Crippen LogP contribution >= 0.6 is 0 Å². The van der Waals surface area contributed by atoms with Crippen molar-refractivity contribution in [2.24, 2.45) is 0 Å². The van der Waals surface area contributed by atoms with E-state index >= 15 is 0 Å². The van der Waals surface area contributed by atoms with Crippen molar-refractivity contribution in [1.29, 1.82) is 0 Å². The van der Waals surface area contributed by atoms with Gasteiger partial charge < -0.3 is 15.8 Å². The largest absolute Gasteiger partial charge is 0.493 e. The number of hydrogen-bond acceptors (Lipinski definition) is 4. The van der Waals surface area contributed by atoms with Crippen LogP contribution in [0.5, 0.6) is 5.75 Å². The van der Waals surface area contributed by atoms with Gasteiger partial charge in [-0.25, -0.2) is 4.98 Å². The minimum Gasteiger partial charge on any atom is -0.493 e. The molecule has 0 unspecified atom stereocenters. The zero-order chi connectivity index (χ0) is 14.4. The summed E-state index contributed by atoms with van der Waals surface area (Å²) in [6.07, 6.45) is 1.93. The van der Waals surface area contributed by atoms with Gasteiger partial charge in [-0.1, -0.05) is 0 Å². The summed E-state index contributed by atoms with van der Waals surface area (Å²) < 4.78 is 5.46. The van der Waals surface area contributed by atoms with Gasteiger partial charge in [-0.15, -0.1) is 0 Å². The molecular formula is C15H17N3O2. The van der Waals surface area contributed by atoms with Crippen molar-refractivity contribution < 1.29 is 9.53 Å². The number of pyridine rings is 1. The Hall–Kier alpha value is -2.56. The molecule has 0 atom stereocenters. The average molecular weight is 271 g/mol. The molecule has 5 nitrogen and oxygen atoms in total. The van der Waals surface area contributed by atoms with E-state index in [1.165, 1.54) is 0 Å². The van der Waals surface area contributed by atoms with Crippen molar-refractivity contribution >= 4 is 17.4 Å². The number of carbonyl (C=O) groups excluding carboxylic acids is 1. The van der Waals surface area contributed by atoms with Crippen LogP contribution in [0.2, 0.25) is 0 Å². The fourth-order valence-electron chi connectivity index (χ4n) is 1.64. The molecule has 0 fully saturated rings. The number of nitrogen functional groups attached to an aromatic ring is 1. The van der Waals surface area contributed by atoms with Crippen LogP contribution in [0.4, 0.5) is 11.5 Å². The van der Waals surface area contributed by atoms with Crippen molar-refractivity contribution in [2.75, 3.05) is 17.7 Å². The summed E-state index contributed by atoms with van der Waals surface area (Å²) in [5, 5.41) is 2.73. The number of aromatic nitrogens is 1. The Kier molecular flexibility index (Phi) is 4.55. The van der Waals surface area contributed by atoms with Crippen LogP contribution in [0.25, 0.3) is 0 Å². The van der Waals surface area contributed by atoms with Gasteiger partial charge in [-0.2, -0.15) is 0 Å². The Morgan fingerprint density at radius 1 is 1.30 bits per heavy atom. The maximum atomic E-state index is 11.7. The van der Waals surface area contributed by atoms with E-state index in [9.17, 15) is 4.79 Å². The third-order valence-corrected chi connectivity index (χ3v) is 2.66. The number of nitrogens with zero attached hydrogens (tertiary/aromatic N) is 1. The standard InChI is InChI=1S/C15H17N3O2/c1-11-6-8-17-14(10-11)18-15(19)7-9-20-13-4-2-12(16)3-5-13/h2-6,8,10H,7,9,16H2,1H3,(H,17,18,19). The summed E-state index contributed by atoms with van der Waals surface area (Å²) in [5.74, 6) is 1.13. The van der Waals surface area contributed by atoms with Crippen LogP contribution in [-0.4, -0.2) is 17.5 Å². The van der Waals surface area contributed by atoms with E-state index in [0.29, 0.717) is 23.9 Å². The second-order valence-corrected chi connectivity index (χ2v) is 4.43. The molecule has 104 valence electrons. The second kappa shape index (κ2) is 6.56. The van der Waals surface area contributed by atoms with Crippen molar-refractivity contribution in [3.8, 4) is 5.75 Å². The molecule has 1 amide bonds. The molecule has 2 rings (SSSR count). The van der Waals surface area contributed by atoms with Crippen LogP contribution in [0.1, 0.15) is 12.0 Å². The van der Waals surface area contributed by atoms with Gasteiger partial charge in [0, 0.05) is 11.9 Å². The Morgan fingerprint density at radius 2 is 2.05 bits per heavy atom. The van der Waals surface area contributed by atoms with E-state index in [-0.39, 0.29) is 12.3 Å². The Balaban J connectivity index is 1.76. The predicted molar refractivity (Wildman–Crippen MR) is 78.6 cm³/mol. The number of aryl methyl sites for hydroxylation is 1. The summed E-state index contributed by atoms with van der Waals surface area (Å²) in [7, 11) is 0. The van der Waals surface area contributed by atoms with Crippen LogP contribution in [0.3, 0.4) is 0 Å². The zero-order valence-electron chi connectivity index (χ0n) is 11.3. The van der Waals surface area contributed by atoms with Gasteiger partial charge in [-0.3, -0.25) is 4.79 Å². The third-order valence-electron chi connectivity index (χ3n) is 2.66. The van der Waals surface area contributed by atoms with Crippen LogP contribution in [0, 0.1) is 6.92 Å². The lowest BCUT2D eigenvalue weighted by atomic mass is 10.3. The highest BCUT2D eigenvalue weighted by Crippen LogP contribution is 2.13. The van der Waals surface area contributed by atoms with E-state index < -0.39 is 0 Å². The van der Waals surface area contributed by atoms with Gasteiger partial charge in [0.15, 0.2) is 0 Å². The third kappa shape index (κ3) is 4.28. The highest BCUT2D eigenvalue weighted by molar-refractivity contribution is 5.89. The Labute approximate surface area is 117 Å². The molecule has 0 aliphatic heterocycles. The van der Waals surface area contributed by atoms with E-state index in [1.807, 2.05) is 19.1 Å². The summed E-state index contributed by atoms with van der Waals surface area (Å²) in [5.41, 5.74) is 7.31. The van der Waals surface area contributed by atoms with E-state index in [2.05, 4.69) is 10.3 Å². The maximum Gasteiger partial charge on any atom is 0.228 e. The molecule has 0 saturated carbocycles. The number of hydrogen-bond donors (Lipinski definition) is 2. The first-order chi connectivity index (χ1) is 9.63.